The van der Waals surface area contributed by atoms with Crippen LogP contribution in [-0.2, 0) is 11.3 Å². The molecule has 18 heavy (non-hydrogen) atoms. The van der Waals surface area contributed by atoms with E-state index < -0.39 is 13.0 Å². The number of carbonyl (C=O) groups is 1. The third-order valence-electron chi connectivity index (χ3n) is 2.66. The molecule has 0 bridgehead atoms. The highest BCUT2D eigenvalue weighted by Crippen LogP contribution is 2.12. The van der Waals surface area contributed by atoms with Crippen molar-refractivity contribution >= 4 is 24.0 Å². The molecule has 0 aromatic carbocycles. The fourth-order valence-electron chi connectivity index (χ4n) is 1.79. The molecule has 102 valence electrons. The molecule has 1 unspecified atom stereocenters. The van der Waals surface area contributed by atoms with E-state index in [-0.39, 0.29) is 24.2 Å². The molecule has 1 aromatic heterocycles. The first-order valence-corrected chi connectivity index (χ1v) is 5.47. The lowest BCUT2D eigenvalue weighted by molar-refractivity contribution is -0.119. The Bertz CT molecular complexity index is 393. The molecule has 1 atom stereocenters. The van der Waals surface area contributed by atoms with Gasteiger partial charge in [0.25, 0.3) is 6.43 Å². The maximum absolute atomic E-state index is 12.1. The van der Waals surface area contributed by atoms with Crippen molar-refractivity contribution < 1.29 is 13.6 Å². The molecule has 8 heteroatoms. The lowest BCUT2D eigenvalue weighted by Crippen LogP contribution is -2.24. The first-order chi connectivity index (χ1) is 8.15. The fraction of sp³-hybridized carbons (Fsp3) is 0.600. The predicted octanol–water partition coefficient (Wildman–Crippen LogP) is 1.12. The maximum atomic E-state index is 12.1. The van der Waals surface area contributed by atoms with Crippen LogP contribution in [0.1, 0.15) is 6.42 Å². The monoisotopic (exact) mass is 280 g/mol. The van der Waals surface area contributed by atoms with Gasteiger partial charge in [-0.3, -0.25) is 9.48 Å². The van der Waals surface area contributed by atoms with Crippen molar-refractivity contribution in [2.45, 2.75) is 19.4 Å². The van der Waals surface area contributed by atoms with Crippen molar-refractivity contribution in [3.8, 4) is 0 Å². The van der Waals surface area contributed by atoms with Crippen LogP contribution >= 0.6 is 12.4 Å². The largest absolute Gasteiger partial charge is 0.323 e. The summed E-state index contributed by atoms with van der Waals surface area (Å²) < 4.78 is 25.3. The summed E-state index contributed by atoms with van der Waals surface area (Å²) in [6.45, 7) is 1.04. The van der Waals surface area contributed by atoms with Crippen molar-refractivity contribution in [3.05, 3.63) is 12.4 Å². The molecule has 1 fully saturated rings. The summed E-state index contributed by atoms with van der Waals surface area (Å²) in [5.41, 5.74) is 0.461. The van der Waals surface area contributed by atoms with E-state index in [0.29, 0.717) is 12.2 Å². The number of rotatable bonds is 4. The van der Waals surface area contributed by atoms with Gasteiger partial charge >= 0.3 is 0 Å². The molecule has 1 amide bonds. The van der Waals surface area contributed by atoms with Gasteiger partial charge < -0.3 is 10.6 Å². The number of nitrogens with zero attached hydrogens (tertiary/aromatic N) is 2. The molecule has 2 heterocycles. The number of carbonyl (C=O) groups excluding carboxylic acids is 1. The van der Waals surface area contributed by atoms with Gasteiger partial charge in [-0.2, -0.15) is 5.10 Å². The normalized spacial score (nSPS) is 18.7. The molecular weight excluding hydrogens is 266 g/mol. The second kappa shape index (κ2) is 6.65. The van der Waals surface area contributed by atoms with Crippen LogP contribution in [0, 0.1) is 5.92 Å². The summed E-state index contributed by atoms with van der Waals surface area (Å²) in [6, 6.07) is 0. The molecule has 0 spiro atoms. The van der Waals surface area contributed by atoms with Crippen LogP contribution in [0.2, 0.25) is 0 Å². The number of nitrogens with one attached hydrogen (secondary N) is 2. The molecule has 1 saturated heterocycles. The number of alkyl halides is 2. The number of aromatic nitrogens is 2. The summed E-state index contributed by atoms with van der Waals surface area (Å²) in [5, 5.41) is 9.50. The number of anilines is 1. The van der Waals surface area contributed by atoms with E-state index in [4.69, 9.17) is 0 Å². The van der Waals surface area contributed by atoms with Crippen LogP contribution in [-0.4, -0.2) is 35.2 Å². The summed E-state index contributed by atoms with van der Waals surface area (Å²) in [4.78, 5) is 11.7. The third-order valence-corrected chi connectivity index (χ3v) is 2.66. The van der Waals surface area contributed by atoms with Crippen molar-refractivity contribution in [1.29, 1.82) is 0 Å². The molecule has 0 radical (unpaired) electrons. The Kier molecular flexibility index (Phi) is 5.49. The molecule has 2 rings (SSSR count). The first kappa shape index (κ1) is 14.8. The van der Waals surface area contributed by atoms with E-state index >= 15 is 0 Å². The van der Waals surface area contributed by atoms with Gasteiger partial charge in [0.15, 0.2) is 0 Å². The number of hydrogen-bond donors (Lipinski definition) is 2. The molecular formula is C10H15ClF2N4O. The molecule has 1 aliphatic heterocycles. The average Bonchev–Trinajstić information content (AvgIpc) is 2.87. The Morgan fingerprint density at radius 3 is 3.06 bits per heavy atom. The predicted molar refractivity (Wildman–Crippen MR) is 65.1 cm³/mol. The van der Waals surface area contributed by atoms with Crippen LogP contribution in [0.3, 0.4) is 0 Å². The SMILES string of the molecule is Cl.O=C(Nc1cnn(CC(F)F)c1)C1CCNC1. The number of amides is 1. The van der Waals surface area contributed by atoms with Gasteiger partial charge in [-0.1, -0.05) is 0 Å². The average molecular weight is 281 g/mol. The van der Waals surface area contributed by atoms with Crippen molar-refractivity contribution in [2.24, 2.45) is 5.92 Å². The zero-order valence-electron chi connectivity index (χ0n) is 9.60. The van der Waals surface area contributed by atoms with Gasteiger partial charge in [-0.05, 0) is 13.0 Å². The highest BCUT2D eigenvalue weighted by molar-refractivity contribution is 5.92. The minimum Gasteiger partial charge on any atom is -0.323 e. The zero-order chi connectivity index (χ0) is 12.3. The highest BCUT2D eigenvalue weighted by atomic mass is 35.5. The molecule has 1 aliphatic rings. The van der Waals surface area contributed by atoms with Gasteiger partial charge in [0.2, 0.25) is 5.91 Å². The summed E-state index contributed by atoms with van der Waals surface area (Å²) in [6.07, 6.45) is 1.14. The summed E-state index contributed by atoms with van der Waals surface area (Å²) in [7, 11) is 0. The van der Waals surface area contributed by atoms with Crippen molar-refractivity contribution in [3.63, 3.8) is 0 Å². The first-order valence-electron chi connectivity index (χ1n) is 5.47. The smallest absolute Gasteiger partial charge is 0.257 e. The van der Waals surface area contributed by atoms with Gasteiger partial charge in [0.05, 0.1) is 17.8 Å². The number of halogens is 3. The van der Waals surface area contributed by atoms with Crippen LogP contribution in [0.4, 0.5) is 14.5 Å². The Balaban J connectivity index is 0.00000162. The quantitative estimate of drug-likeness (QED) is 0.869. The Labute approximate surface area is 109 Å². The van der Waals surface area contributed by atoms with Crippen LogP contribution in [0.15, 0.2) is 12.4 Å². The van der Waals surface area contributed by atoms with E-state index in [1.54, 1.807) is 0 Å². The van der Waals surface area contributed by atoms with Gasteiger partial charge in [-0.15, -0.1) is 12.4 Å². The number of hydrogen-bond acceptors (Lipinski definition) is 3. The summed E-state index contributed by atoms with van der Waals surface area (Å²) in [5.74, 6) is -0.139. The minimum absolute atomic E-state index is 0. The van der Waals surface area contributed by atoms with Crippen molar-refractivity contribution in [2.75, 3.05) is 18.4 Å². The second-order valence-corrected chi connectivity index (χ2v) is 4.02. The zero-order valence-corrected chi connectivity index (χ0v) is 10.4. The summed E-state index contributed by atoms with van der Waals surface area (Å²) >= 11 is 0. The lowest BCUT2D eigenvalue weighted by Gasteiger charge is -2.07. The fourth-order valence-corrected chi connectivity index (χ4v) is 1.79. The standard InChI is InChI=1S/C10H14F2N4O.ClH/c11-9(12)6-16-5-8(4-14-16)15-10(17)7-1-2-13-3-7;/h4-5,7,9,13H,1-3,6H2,(H,15,17);1H. The topological polar surface area (TPSA) is 59.0 Å². The molecule has 0 aliphatic carbocycles. The lowest BCUT2D eigenvalue weighted by atomic mass is 10.1. The maximum Gasteiger partial charge on any atom is 0.257 e. The van der Waals surface area contributed by atoms with Crippen LogP contribution in [0.5, 0.6) is 0 Å². The van der Waals surface area contributed by atoms with E-state index in [1.165, 1.54) is 12.4 Å². The van der Waals surface area contributed by atoms with E-state index in [2.05, 4.69) is 15.7 Å². The van der Waals surface area contributed by atoms with Gasteiger partial charge in [0, 0.05) is 12.7 Å². The Hall–Kier alpha value is -1.21. The van der Waals surface area contributed by atoms with Crippen molar-refractivity contribution in [1.82, 2.24) is 15.1 Å². The molecule has 2 N–H and O–H groups in total. The second-order valence-electron chi connectivity index (χ2n) is 4.02. The highest BCUT2D eigenvalue weighted by Gasteiger charge is 2.22. The Morgan fingerprint density at radius 2 is 2.44 bits per heavy atom. The van der Waals surface area contributed by atoms with E-state index in [1.807, 2.05) is 0 Å². The molecule has 5 nitrogen and oxygen atoms in total. The van der Waals surface area contributed by atoms with E-state index in [9.17, 15) is 13.6 Å². The molecule has 0 saturated carbocycles. The third kappa shape index (κ3) is 3.92. The van der Waals surface area contributed by atoms with E-state index in [0.717, 1.165) is 17.6 Å². The van der Waals surface area contributed by atoms with Crippen LogP contribution in [0.25, 0.3) is 0 Å². The molecule has 1 aromatic rings. The van der Waals surface area contributed by atoms with Gasteiger partial charge in [0.1, 0.15) is 6.54 Å². The minimum atomic E-state index is -2.45. The van der Waals surface area contributed by atoms with Gasteiger partial charge in [-0.25, -0.2) is 8.78 Å². The van der Waals surface area contributed by atoms with Crippen LogP contribution < -0.4 is 10.6 Å². The Morgan fingerprint density at radius 1 is 1.67 bits per heavy atom.